The maximum Gasteiger partial charge on any atom is 0.0465 e. The third-order valence-electron chi connectivity index (χ3n) is 2.85. The van der Waals surface area contributed by atoms with Gasteiger partial charge in [-0.1, -0.05) is 36.8 Å². The van der Waals surface area contributed by atoms with E-state index in [1.165, 1.54) is 12.0 Å². The molecule has 1 rings (SSSR count). The van der Waals surface area contributed by atoms with Crippen LogP contribution in [0.1, 0.15) is 37.7 Å². The molecule has 2 N–H and O–H groups in total. The molecule has 16 heavy (non-hydrogen) atoms. The zero-order valence-electron chi connectivity index (χ0n) is 10.2. The van der Waals surface area contributed by atoms with Crippen LogP contribution in [-0.2, 0) is 4.74 Å². The highest BCUT2D eigenvalue weighted by molar-refractivity contribution is 5.19. The Hall–Kier alpha value is -0.860. The van der Waals surface area contributed by atoms with E-state index in [1.54, 1.807) is 0 Å². The van der Waals surface area contributed by atoms with Gasteiger partial charge in [-0.2, -0.15) is 0 Å². The van der Waals surface area contributed by atoms with Gasteiger partial charge in [-0.05, 0) is 37.8 Å². The first-order valence-corrected chi connectivity index (χ1v) is 6.21. The van der Waals surface area contributed by atoms with Crippen LogP contribution in [0.25, 0.3) is 0 Å². The summed E-state index contributed by atoms with van der Waals surface area (Å²) < 4.78 is 5.32. The van der Waals surface area contributed by atoms with E-state index in [0.717, 1.165) is 32.6 Å². The van der Waals surface area contributed by atoms with Crippen molar-refractivity contribution >= 4 is 0 Å². The van der Waals surface area contributed by atoms with E-state index in [-0.39, 0.29) is 0 Å². The number of nitrogens with two attached hydrogens (primary N) is 1. The first-order valence-electron chi connectivity index (χ1n) is 6.21. The summed E-state index contributed by atoms with van der Waals surface area (Å²) in [6.07, 6.45) is 3.49. The molecular weight excluding hydrogens is 198 g/mol. The minimum Gasteiger partial charge on any atom is -0.382 e. The molecule has 1 unspecified atom stereocenters. The molecule has 0 aliphatic heterocycles. The average Bonchev–Trinajstić information content (AvgIpc) is 2.35. The van der Waals surface area contributed by atoms with Crippen molar-refractivity contribution in [2.75, 3.05) is 19.8 Å². The van der Waals surface area contributed by atoms with E-state index >= 15 is 0 Å². The first-order chi connectivity index (χ1) is 7.88. The van der Waals surface area contributed by atoms with Crippen LogP contribution in [0, 0.1) is 0 Å². The van der Waals surface area contributed by atoms with Crippen molar-refractivity contribution in [3.8, 4) is 0 Å². The van der Waals surface area contributed by atoms with Crippen LogP contribution in [0.15, 0.2) is 30.3 Å². The van der Waals surface area contributed by atoms with E-state index in [9.17, 15) is 0 Å². The van der Waals surface area contributed by atoms with Gasteiger partial charge < -0.3 is 10.5 Å². The second-order valence-electron chi connectivity index (χ2n) is 4.04. The Labute approximate surface area is 98.8 Å². The zero-order valence-corrected chi connectivity index (χ0v) is 10.2. The van der Waals surface area contributed by atoms with Crippen LogP contribution in [0.5, 0.6) is 0 Å². The fourth-order valence-electron chi connectivity index (χ4n) is 1.89. The van der Waals surface area contributed by atoms with Gasteiger partial charge in [0.2, 0.25) is 0 Å². The number of benzene rings is 1. The Morgan fingerprint density at radius 1 is 1.19 bits per heavy atom. The molecule has 0 heterocycles. The average molecular weight is 221 g/mol. The van der Waals surface area contributed by atoms with Crippen molar-refractivity contribution in [3.63, 3.8) is 0 Å². The maximum absolute atomic E-state index is 5.81. The van der Waals surface area contributed by atoms with Crippen molar-refractivity contribution in [2.24, 2.45) is 5.73 Å². The third kappa shape index (κ3) is 4.77. The van der Waals surface area contributed by atoms with E-state index < -0.39 is 0 Å². The number of rotatable bonds is 8. The lowest BCUT2D eigenvalue weighted by molar-refractivity contribution is 0.142. The largest absolute Gasteiger partial charge is 0.382 e. The number of hydrogen-bond donors (Lipinski definition) is 1. The van der Waals surface area contributed by atoms with Crippen LogP contribution < -0.4 is 5.73 Å². The molecule has 0 bridgehead atoms. The summed E-state index contributed by atoms with van der Waals surface area (Å²) in [6, 6.07) is 10.5. The summed E-state index contributed by atoms with van der Waals surface area (Å²) in [6.45, 7) is 4.47. The lowest BCUT2D eigenvalue weighted by Crippen LogP contribution is -2.12. The van der Waals surface area contributed by atoms with Gasteiger partial charge in [-0.3, -0.25) is 0 Å². The van der Waals surface area contributed by atoms with Gasteiger partial charge in [-0.15, -0.1) is 0 Å². The van der Waals surface area contributed by atoms with Gasteiger partial charge in [0, 0.05) is 13.2 Å². The van der Waals surface area contributed by atoms with Crippen LogP contribution in [0.3, 0.4) is 0 Å². The lowest BCUT2D eigenvalue weighted by Gasteiger charge is -2.14. The second-order valence-corrected chi connectivity index (χ2v) is 4.04. The molecule has 0 saturated heterocycles. The molecule has 90 valence electrons. The summed E-state index contributed by atoms with van der Waals surface area (Å²) in [5.41, 5.74) is 7.18. The van der Waals surface area contributed by atoms with Crippen molar-refractivity contribution < 1.29 is 4.74 Å². The van der Waals surface area contributed by atoms with Crippen LogP contribution >= 0.6 is 0 Å². The van der Waals surface area contributed by atoms with Gasteiger partial charge in [0.15, 0.2) is 0 Å². The summed E-state index contributed by atoms with van der Waals surface area (Å²) in [4.78, 5) is 0. The smallest absolute Gasteiger partial charge is 0.0465 e. The molecule has 0 amide bonds. The Balaban J connectivity index is 2.27. The summed E-state index contributed by atoms with van der Waals surface area (Å²) >= 11 is 0. The topological polar surface area (TPSA) is 35.2 Å². The van der Waals surface area contributed by atoms with Gasteiger partial charge in [0.05, 0.1) is 0 Å². The molecule has 0 fully saturated rings. The fourth-order valence-corrected chi connectivity index (χ4v) is 1.89. The van der Waals surface area contributed by atoms with Gasteiger partial charge in [0.25, 0.3) is 0 Å². The molecular formula is C14H23NO. The van der Waals surface area contributed by atoms with Crippen molar-refractivity contribution in [3.05, 3.63) is 35.9 Å². The summed E-state index contributed by atoms with van der Waals surface area (Å²) in [5.74, 6) is 0.503. The summed E-state index contributed by atoms with van der Waals surface area (Å²) in [7, 11) is 0. The normalized spacial score (nSPS) is 12.6. The van der Waals surface area contributed by atoms with Crippen molar-refractivity contribution in [1.82, 2.24) is 0 Å². The predicted molar refractivity (Wildman–Crippen MR) is 68.6 cm³/mol. The number of hydrogen-bond acceptors (Lipinski definition) is 2. The van der Waals surface area contributed by atoms with Crippen molar-refractivity contribution in [2.45, 2.75) is 32.1 Å². The monoisotopic (exact) mass is 221 g/mol. The van der Waals surface area contributed by atoms with Gasteiger partial charge in [-0.25, -0.2) is 0 Å². The maximum atomic E-state index is 5.81. The number of unbranched alkanes of at least 4 members (excludes halogenated alkanes) is 1. The van der Waals surface area contributed by atoms with E-state index in [4.69, 9.17) is 10.5 Å². The Kier molecular flexibility index (Phi) is 6.86. The molecule has 2 nitrogen and oxygen atoms in total. The fraction of sp³-hybridized carbons (Fsp3) is 0.571. The minimum absolute atomic E-state index is 0.503. The van der Waals surface area contributed by atoms with Gasteiger partial charge in [0.1, 0.15) is 0 Å². The molecule has 0 aromatic heterocycles. The first kappa shape index (κ1) is 13.2. The quantitative estimate of drug-likeness (QED) is 0.685. The minimum atomic E-state index is 0.503. The van der Waals surface area contributed by atoms with Crippen LogP contribution in [0.4, 0.5) is 0 Å². The molecule has 0 radical (unpaired) electrons. The predicted octanol–water partition coefficient (Wildman–Crippen LogP) is 2.94. The third-order valence-corrected chi connectivity index (χ3v) is 2.85. The Bertz CT molecular complexity index is 261. The van der Waals surface area contributed by atoms with Crippen molar-refractivity contribution in [1.29, 1.82) is 0 Å². The molecule has 0 aliphatic rings. The lowest BCUT2D eigenvalue weighted by atomic mass is 9.94. The Morgan fingerprint density at radius 3 is 2.56 bits per heavy atom. The SMILES string of the molecule is CCOCCCCC(CN)c1ccccc1. The Morgan fingerprint density at radius 2 is 1.94 bits per heavy atom. The van der Waals surface area contributed by atoms with E-state index in [2.05, 4.69) is 24.3 Å². The van der Waals surface area contributed by atoms with Crippen LogP contribution in [0.2, 0.25) is 0 Å². The summed E-state index contributed by atoms with van der Waals surface area (Å²) in [5, 5.41) is 0. The molecule has 1 atom stereocenters. The zero-order chi connectivity index (χ0) is 11.6. The molecule has 1 aromatic carbocycles. The van der Waals surface area contributed by atoms with Crippen LogP contribution in [-0.4, -0.2) is 19.8 Å². The highest BCUT2D eigenvalue weighted by Gasteiger charge is 2.08. The van der Waals surface area contributed by atoms with E-state index in [0.29, 0.717) is 5.92 Å². The highest BCUT2D eigenvalue weighted by atomic mass is 16.5. The standard InChI is InChI=1S/C14H23NO/c1-2-16-11-7-6-10-14(12-15)13-8-4-3-5-9-13/h3-5,8-9,14H,2,6-7,10-12,15H2,1H3. The van der Waals surface area contributed by atoms with E-state index in [1.807, 2.05) is 13.0 Å². The molecule has 0 saturated carbocycles. The molecule has 0 aliphatic carbocycles. The van der Waals surface area contributed by atoms with Gasteiger partial charge >= 0.3 is 0 Å². The number of ether oxygens (including phenoxy) is 1. The highest BCUT2D eigenvalue weighted by Crippen LogP contribution is 2.20. The molecule has 1 aromatic rings. The molecule has 2 heteroatoms. The second kappa shape index (κ2) is 8.31. The molecule has 0 spiro atoms.